The third-order valence-electron chi connectivity index (χ3n) is 2.37. The summed E-state index contributed by atoms with van der Waals surface area (Å²) in [5.41, 5.74) is -1.13. The first-order valence-electron chi connectivity index (χ1n) is 4.62. The molecule has 0 radical (unpaired) electrons. The number of carboxylic acids is 1. The molecule has 2 N–H and O–H groups in total. The highest BCUT2D eigenvalue weighted by Gasteiger charge is 2.41. The molecule has 0 amide bonds. The van der Waals surface area contributed by atoms with Crippen molar-refractivity contribution in [1.29, 1.82) is 0 Å². The molecule has 0 aromatic rings. The minimum Gasteiger partial charge on any atom is -0.479 e. The molecular formula is C9H16O4. The van der Waals surface area contributed by atoms with Gasteiger partial charge in [-0.05, 0) is 26.2 Å². The molecule has 1 saturated heterocycles. The van der Waals surface area contributed by atoms with Crippen LogP contribution in [0.2, 0.25) is 0 Å². The largest absolute Gasteiger partial charge is 0.479 e. The van der Waals surface area contributed by atoms with Crippen LogP contribution in [0.15, 0.2) is 0 Å². The van der Waals surface area contributed by atoms with Crippen molar-refractivity contribution < 1.29 is 19.7 Å². The number of hydrogen-bond donors (Lipinski definition) is 2. The molecule has 2 atom stereocenters. The summed E-state index contributed by atoms with van der Waals surface area (Å²) in [7, 11) is 0. The second kappa shape index (κ2) is 4.07. The Morgan fingerprint density at radius 2 is 2.31 bits per heavy atom. The van der Waals surface area contributed by atoms with E-state index < -0.39 is 17.7 Å². The maximum absolute atomic E-state index is 11.0. The Kier molecular flexibility index (Phi) is 3.27. The van der Waals surface area contributed by atoms with Crippen molar-refractivity contribution in [3.05, 3.63) is 0 Å². The lowest BCUT2D eigenvalue weighted by Gasteiger charge is -2.34. The highest BCUT2D eigenvalue weighted by molar-refractivity contribution is 5.77. The first-order valence-corrected chi connectivity index (χ1v) is 4.62. The Morgan fingerprint density at radius 1 is 1.62 bits per heavy atom. The average molecular weight is 188 g/mol. The van der Waals surface area contributed by atoms with Crippen LogP contribution in [0.5, 0.6) is 0 Å². The molecule has 76 valence electrons. The van der Waals surface area contributed by atoms with Gasteiger partial charge in [-0.1, -0.05) is 0 Å². The number of rotatable bonds is 3. The first kappa shape index (κ1) is 10.5. The van der Waals surface area contributed by atoms with Gasteiger partial charge in [0.2, 0.25) is 0 Å². The van der Waals surface area contributed by atoms with Crippen molar-refractivity contribution in [2.75, 3.05) is 6.61 Å². The van der Waals surface area contributed by atoms with Crippen molar-refractivity contribution in [3.8, 4) is 0 Å². The Balaban J connectivity index is 2.67. The van der Waals surface area contributed by atoms with Crippen LogP contribution in [0.3, 0.4) is 0 Å². The molecule has 13 heavy (non-hydrogen) atoms. The molecule has 4 heteroatoms. The summed E-state index contributed by atoms with van der Waals surface area (Å²) in [6.45, 7) is 2.07. The van der Waals surface area contributed by atoms with Crippen LogP contribution in [-0.2, 0) is 9.53 Å². The summed E-state index contributed by atoms with van der Waals surface area (Å²) in [5.74, 6) is -0.951. The molecule has 1 aliphatic rings. The van der Waals surface area contributed by atoms with Crippen molar-refractivity contribution in [3.63, 3.8) is 0 Å². The predicted octanol–water partition coefficient (Wildman–Crippen LogP) is 0.781. The fourth-order valence-corrected chi connectivity index (χ4v) is 1.75. The van der Waals surface area contributed by atoms with Crippen LogP contribution in [0.1, 0.15) is 32.6 Å². The number of hydrogen-bond acceptors (Lipinski definition) is 3. The lowest BCUT2D eigenvalue weighted by Crippen LogP contribution is -2.46. The van der Waals surface area contributed by atoms with Gasteiger partial charge >= 0.3 is 5.97 Å². The summed E-state index contributed by atoms with van der Waals surface area (Å²) >= 11 is 0. The number of aliphatic carboxylic acids is 1. The van der Waals surface area contributed by atoms with Gasteiger partial charge in [-0.2, -0.15) is 0 Å². The van der Waals surface area contributed by atoms with Gasteiger partial charge in [0.1, 0.15) is 0 Å². The monoisotopic (exact) mass is 188 g/mol. The topological polar surface area (TPSA) is 66.8 Å². The van der Waals surface area contributed by atoms with E-state index in [4.69, 9.17) is 9.84 Å². The Labute approximate surface area is 77.5 Å². The van der Waals surface area contributed by atoms with Crippen LogP contribution in [0.25, 0.3) is 0 Å². The van der Waals surface area contributed by atoms with E-state index in [2.05, 4.69) is 0 Å². The minimum absolute atomic E-state index is 0.183. The standard InChI is InChI=1S/C9H16O4/c1-7(10)6-9(8(11)12)4-2-3-5-13-9/h7,10H,2-6H2,1H3,(H,11,12). The molecule has 0 bridgehead atoms. The summed E-state index contributed by atoms with van der Waals surface area (Å²) in [6.07, 6.45) is 1.83. The zero-order valence-electron chi connectivity index (χ0n) is 7.82. The van der Waals surface area contributed by atoms with Crippen molar-refractivity contribution >= 4 is 5.97 Å². The van der Waals surface area contributed by atoms with Gasteiger partial charge in [-0.25, -0.2) is 4.79 Å². The molecule has 1 fully saturated rings. The highest BCUT2D eigenvalue weighted by atomic mass is 16.5. The molecule has 4 nitrogen and oxygen atoms in total. The molecule has 0 saturated carbocycles. The van der Waals surface area contributed by atoms with E-state index in [1.165, 1.54) is 0 Å². The first-order chi connectivity index (χ1) is 6.07. The number of carbonyl (C=O) groups is 1. The lowest BCUT2D eigenvalue weighted by molar-refractivity contribution is -0.177. The van der Waals surface area contributed by atoms with Crippen LogP contribution in [-0.4, -0.2) is 34.5 Å². The molecule has 0 aliphatic carbocycles. The number of ether oxygens (including phenoxy) is 1. The van der Waals surface area contributed by atoms with E-state index >= 15 is 0 Å². The zero-order valence-corrected chi connectivity index (χ0v) is 7.82. The Morgan fingerprint density at radius 3 is 2.69 bits per heavy atom. The van der Waals surface area contributed by atoms with Gasteiger partial charge < -0.3 is 14.9 Å². The maximum Gasteiger partial charge on any atom is 0.336 e. The van der Waals surface area contributed by atoms with E-state index in [0.717, 1.165) is 12.8 Å². The number of aliphatic hydroxyl groups excluding tert-OH is 1. The third kappa shape index (κ3) is 2.42. The third-order valence-corrected chi connectivity index (χ3v) is 2.37. The second-order valence-electron chi connectivity index (χ2n) is 3.66. The molecule has 1 aliphatic heterocycles. The molecule has 0 aromatic heterocycles. The summed E-state index contributed by atoms with van der Waals surface area (Å²) in [6, 6.07) is 0. The summed E-state index contributed by atoms with van der Waals surface area (Å²) in [4.78, 5) is 11.0. The fourth-order valence-electron chi connectivity index (χ4n) is 1.75. The van der Waals surface area contributed by atoms with Crippen LogP contribution in [0, 0.1) is 0 Å². The molecule has 1 rings (SSSR count). The normalized spacial score (nSPS) is 31.2. The van der Waals surface area contributed by atoms with Gasteiger partial charge in [0.25, 0.3) is 0 Å². The average Bonchev–Trinajstić information content (AvgIpc) is 2.04. The van der Waals surface area contributed by atoms with Crippen LogP contribution in [0.4, 0.5) is 0 Å². The Bertz CT molecular complexity index is 182. The molecule has 0 aromatic carbocycles. The summed E-state index contributed by atoms with van der Waals surface area (Å²) < 4.78 is 5.28. The zero-order chi connectivity index (χ0) is 9.90. The van der Waals surface area contributed by atoms with E-state index in [9.17, 15) is 9.90 Å². The van der Waals surface area contributed by atoms with Crippen molar-refractivity contribution in [1.82, 2.24) is 0 Å². The highest BCUT2D eigenvalue weighted by Crippen LogP contribution is 2.29. The number of carboxylic acid groups (broad SMARTS) is 1. The molecule has 1 heterocycles. The van der Waals surface area contributed by atoms with E-state index in [1.54, 1.807) is 6.92 Å². The summed E-state index contributed by atoms with van der Waals surface area (Å²) in [5, 5.41) is 18.2. The second-order valence-corrected chi connectivity index (χ2v) is 3.66. The lowest BCUT2D eigenvalue weighted by atomic mass is 9.88. The number of aliphatic hydroxyl groups is 1. The SMILES string of the molecule is CC(O)CC1(C(=O)O)CCCCO1. The van der Waals surface area contributed by atoms with Gasteiger partial charge in [0, 0.05) is 13.0 Å². The Hall–Kier alpha value is -0.610. The van der Waals surface area contributed by atoms with Crippen LogP contribution < -0.4 is 0 Å². The molecule has 2 unspecified atom stereocenters. The van der Waals surface area contributed by atoms with Crippen molar-refractivity contribution in [2.24, 2.45) is 0 Å². The quantitative estimate of drug-likeness (QED) is 0.686. The van der Waals surface area contributed by atoms with E-state index in [-0.39, 0.29) is 6.42 Å². The predicted molar refractivity (Wildman–Crippen MR) is 46.5 cm³/mol. The van der Waals surface area contributed by atoms with Gasteiger partial charge in [0.15, 0.2) is 5.60 Å². The van der Waals surface area contributed by atoms with Gasteiger partial charge in [-0.3, -0.25) is 0 Å². The molecular weight excluding hydrogens is 172 g/mol. The van der Waals surface area contributed by atoms with Gasteiger partial charge in [0.05, 0.1) is 6.10 Å². The van der Waals surface area contributed by atoms with Gasteiger partial charge in [-0.15, -0.1) is 0 Å². The maximum atomic E-state index is 11.0. The van der Waals surface area contributed by atoms with E-state index in [1.807, 2.05) is 0 Å². The fraction of sp³-hybridized carbons (Fsp3) is 0.889. The molecule has 0 spiro atoms. The van der Waals surface area contributed by atoms with Crippen molar-refractivity contribution in [2.45, 2.75) is 44.3 Å². The van der Waals surface area contributed by atoms with E-state index in [0.29, 0.717) is 13.0 Å². The van der Waals surface area contributed by atoms with Crippen LogP contribution >= 0.6 is 0 Å². The minimum atomic E-state index is -1.13. The smallest absolute Gasteiger partial charge is 0.336 e.